The van der Waals surface area contributed by atoms with Crippen LogP contribution < -0.4 is 4.90 Å². The Bertz CT molecular complexity index is 1310. The normalized spacial score (nSPS) is 15.0. The monoisotopic (exact) mass is 508 g/mol. The van der Waals surface area contributed by atoms with Crippen LogP contribution in [0.5, 0.6) is 0 Å². The molecule has 1 aliphatic rings. The number of benzene rings is 2. The first-order chi connectivity index (χ1) is 15.9. The molecule has 10 heteroatoms. The summed E-state index contributed by atoms with van der Waals surface area (Å²) in [5.41, 5.74) is 0.967. The fourth-order valence-corrected chi connectivity index (χ4v) is 5.48. The van der Waals surface area contributed by atoms with Crippen LogP contribution in [0.25, 0.3) is 10.4 Å². The molecular weight excluding hydrogens is 485 g/mol. The number of thiophene rings is 1. The topological polar surface area (TPSA) is 57.7 Å². The third kappa shape index (κ3) is 5.12. The van der Waals surface area contributed by atoms with E-state index in [-0.39, 0.29) is 10.8 Å². The summed E-state index contributed by atoms with van der Waals surface area (Å²) in [7, 11) is -3.50. The van der Waals surface area contributed by atoms with Crippen molar-refractivity contribution in [3.63, 3.8) is 0 Å². The summed E-state index contributed by atoms with van der Waals surface area (Å²) in [6, 6.07) is 13.5. The number of nitrogens with zero attached hydrogens (tertiary/aromatic N) is 2. The van der Waals surface area contributed by atoms with E-state index in [0.717, 1.165) is 28.1 Å². The van der Waals surface area contributed by atoms with Crippen LogP contribution in [-0.2, 0) is 16.0 Å². The Morgan fingerprint density at radius 1 is 0.941 bits per heavy atom. The molecule has 0 atom stereocenters. The minimum atomic E-state index is -4.39. The highest BCUT2D eigenvalue weighted by molar-refractivity contribution is 7.90. The number of anilines is 1. The number of carbonyl (C=O) groups excluding carboxylic acids is 1. The molecule has 3 aromatic rings. The predicted octanol–water partition coefficient (Wildman–Crippen LogP) is 5.11. The zero-order valence-electron chi connectivity index (χ0n) is 18.6. The smallest absolute Gasteiger partial charge is 0.368 e. The van der Waals surface area contributed by atoms with Gasteiger partial charge in [-0.05, 0) is 55.5 Å². The van der Waals surface area contributed by atoms with Crippen LogP contribution in [0.1, 0.15) is 20.8 Å². The SMILES string of the molecule is Cc1ccc(-c2ccc(S(C)(=O)=O)cc2C(=O)N2CCN(c3ccc(C(F)(F)F)cc3)CC2)s1. The van der Waals surface area contributed by atoms with E-state index in [1.807, 2.05) is 24.0 Å². The molecule has 1 saturated heterocycles. The summed E-state index contributed by atoms with van der Waals surface area (Å²) in [6.45, 7) is 3.60. The Balaban J connectivity index is 1.55. The van der Waals surface area contributed by atoms with Gasteiger partial charge in [-0.25, -0.2) is 8.42 Å². The van der Waals surface area contributed by atoms with Gasteiger partial charge in [-0.1, -0.05) is 6.07 Å². The molecule has 1 aromatic heterocycles. The largest absolute Gasteiger partial charge is 0.416 e. The maximum absolute atomic E-state index is 13.5. The molecule has 5 nitrogen and oxygen atoms in total. The van der Waals surface area contributed by atoms with E-state index >= 15 is 0 Å². The maximum Gasteiger partial charge on any atom is 0.416 e. The van der Waals surface area contributed by atoms with Gasteiger partial charge >= 0.3 is 6.18 Å². The molecule has 1 aliphatic heterocycles. The number of rotatable bonds is 4. The summed E-state index contributed by atoms with van der Waals surface area (Å²) < 4.78 is 62.7. The molecule has 2 heterocycles. The van der Waals surface area contributed by atoms with Crippen LogP contribution in [0.15, 0.2) is 59.5 Å². The summed E-state index contributed by atoms with van der Waals surface area (Å²) in [6.07, 6.45) is -3.28. The van der Waals surface area contributed by atoms with Gasteiger partial charge in [-0.15, -0.1) is 11.3 Å². The van der Waals surface area contributed by atoms with Crippen molar-refractivity contribution in [2.24, 2.45) is 0 Å². The lowest BCUT2D eigenvalue weighted by molar-refractivity contribution is -0.137. The lowest BCUT2D eigenvalue weighted by Gasteiger charge is -2.36. The first kappa shape index (κ1) is 24.3. The van der Waals surface area contributed by atoms with Gasteiger partial charge in [-0.3, -0.25) is 4.79 Å². The molecule has 4 rings (SSSR count). The number of carbonyl (C=O) groups is 1. The molecule has 0 radical (unpaired) electrons. The minimum Gasteiger partial charge on any atom is -0.368 e. The summed E-state index contributed by atoms with van der Waals surface area (Å²) >= 11 is 1.52. The van der Waals surface area contributed by atoms with Crippen LogP contribution in [0, 0.1) is 6.92 Å². The molecule has 0 unspecified atom stereocenters. The van der Waals surface area contributed by atoms with Gasteiger partial charge in [0.25, 0.3) is 5.91 Å². The van der Waals surface area contributed by atoms with Gasteiger partial charge < -0.3 is 9.80 Å². The molecule has 0 saturated carbocycles. The highest BCUT2D eigenvalue weighted by atomic mass is 32.2. The van der Waals surface area contributed by atoms with E-state index in [1.165, 1.54) is 35.6 Å². The van der Waals surface area contributed by atoms with Gasteiger partial charge in [0.15, 0.2) is 9.84 Å². The average Bonchev–Trinajstić information content (AvgIpc) is 3.23. The van der Waals surface area contributed by atoms with Crippen LogP contribution in [0.3, 0.4) is 0 Å². The summed E-state index contributed by atoms with van der Waals surface area (Å²) in [5.74, 6) is -0.265. The number of sulfone groups is 1. The van der Waals surface area contributed by atoms with Gasteiger partial charge in [0, 0.05) is 59.0 Å². The zero-order chi connectivity index (χ0) is 24.7. The Morgan fingerprint density at radius 2 is 1.59 bits per heavy atom. The van der Waals surface area contributed by atoms with Crippen molar-refractivity contribution in [1.29, 1.82) is 0 Å². The van der Waals surface area contributed by atoms with Crippen molar-refractivity contribution >= 4 is 32.8 Å². The van der Waals surface area contributed by atoms with Gasteiger partial charge in [-0.2, -0.15) is 13.2 Å². The Morgan fingerprint density at radius 3 is 2.12 bits per heavy atom. The van der Waals surface area contributed by atoms with Crippen molar-refractivity contribution in [2.75, 3.05) is 37.3 Å². The first-order valence-corrected chi connectivity index (χ1v) is 13.3. The molecular formula is C24H23F3N2O3S2. The van der Waals surface area contributed by atoms with E-state index < -0.39 is 21.6 Å². The van der Waals surface area contributed by atoms with Crippen molar-refractivity contribution in [3.05, 3.63) is 70.6 Å². The lowest BCUT2D eigenvalue weighted by Crippen LogP contribution is -2.49. The molecule has 34 heavy (non-hydrogen) atoms. The number of amides is 1. The Hall–Kier alpha value is -2.85. The van der Waals surface area contributed by atoms with Crippen molar-refractivity contribution < 1.29 is 26.4 Å². The number of hydrogen-bond donors (Lipinski definition) is 0. The second kappa shape index (κ2) is 9.07. The molecule has 0 spiro atoms. The fourth-order valence-electron chi connectivity index (χ4n) is 3.92. The average molecular weight is 509 g/mol. The third-order valence-electron chi connectivity index (χ3n) is 5.78. The molecule has 0 aliphatic carbocycles. The van der Waals surface area contributed by atoms with Gasteiger partial charge in [0.1, 0.15) is 0 Å². The van der Waals surface area contributed by atoms with E-state index in [2.05, 4.69) is 0 Å². The molecule has 1 amide bonds. The number of halogens is 3. The second-order valence-corrected chi connectivity index (χ2v) is 11.5. The number of hydrogen-bond acceptors (Lipinski definition) is 5. The van der Waals surface area contributed by atoms with Crippen LogP contribution >= 0.6 is 11.3 Å². The Labute approximate surface area is 200 Å². The molecule has 180 valence electrons. The highest BCUT2D eigenvalue weighted by Gasteiger charge is 2.31. The number of alkyl halides is 3. The van der Waals surface area contributed by atoms with Gasteiger partial charge in [0.05, 0.1) is 10.5 Å². The van der Waals surface area contributed by atoms with E-state index in [0.29, 0.717) is 43.0 Å². The van der Waals surface area contributed by atoms with Crippen LogP contribution in [-0.4, -0.2) is 51.7 Å². The molecule has 0 N–H and O–H groups in total. The second-order valence-electron chi connectivity index (χ2n) is 8.21. The first-order valence-electron chi connectivity index (χ1n) is 10.6. The number of aryl methyl sites for hydroxylation is 1. The summed E-state index contributed by atoms with van der Waals surface area (Å²) in [5, 5.41) is 0. The van der Waals surface area contributed by atoms with Crippen molar-refractivity contribution in [2.45, 2.75) is 18.0 Å². The predicted molar refractivity (Wildman–Crippen MR) is 127 cm³/mol. The van der Waals surface area contributed by atoms with Crippen molar-refractivity contribution in [3.8, 4) is 10.4 Å². The standard InChI is InChI=1S/C24H23F3N2O3S2/c1-16-3-10-22(33-16)20-9-8-19(34(2,31)32)15-21(20)23(30)29-13-11-28(12-14-29)18-6-4-17(5-7-18)24(25,26)27/h3-10,15H,11-14H2,1-2H3. The van der Waals surface area contributed by atoms with Gasteiger partial charge in [0.2, 0.25) is 0 Å². The third-order valence-corrected chi connectivity index (χ3v) is 7.93. The van der Waals surface area contributed by atoms with E-state index in [9.17, 15) is 26.4 Å². The maximum atomic E-state index is 13.5. The zero-order valence-corrected chi connectivity index (χ0v) is 20.2. The minimum absolute atomic E-state index is 0.0799. The van der Waals surface area contributed by atoms with Crippen LogP contribution in [0.4, 0.5) is 18.9 Å². The number of piperazine rings is 1. The molecule has 2 aromatic carbocycles. The molecule has 0 bridgehead atoms. The fraction of sp³-hybridized carbons (Fsp3) is 0.292. The highest BCUT2D eigenvalue weighted by Crippen LogP contribution is 2.34. The van der Waals surface area contributed by atoms with Crippen molar-refractivity contribution in [1.82, 2.24) is 4.90 Å². The van der Waals surface area contributed by atoms with Crippen LogP contribution in [0.2, 0.25) is 0 Å². The summed E-state index contributed by atoms with van der Waals surface area (Å²) in [4.78, 5) is 19.1. The lowest BCUT2D eigenvalue weighted by atomic mass is 10.0. The van der Waals surface area contributed by atoms with E-state index in [1.54, 1.807) is 11.0 Å². The quantitative estimate of drug-likeness (QED) is 0.492. The Kier molecular flexibility index (Phi) is 6.48. The van der Waals surface area contributed by atoms with E-state index in [4.69, 9.17) is 0 Å². The molecule has 1 fully saturated rings.